The van der Waals surface area contributed by atoms with Gasteiger partial charge >= 0.3 is 6.09 Å². The van der Waals surface area contributed by atoms with Crippen LogP contribution in [0, 0.1) is 0 Å². The molecule has 0 bridgehead atoms. The molecule has 2 aromatic rings. The van der Waals surface area contributed by atoms with Gasteiger partial charge in [-0.25, -0.2) is 14.8 Å². The maximum Gasteiger partial charge on any atom is 0.409 e. The summed E-state index contributed by atoms with van der Waals surface area (Å²) >= 11 is 0. The number of aromatic nitrogens is 2. The van der Waals surface area contributed by atoms with E-state index in [-0.39, 0.29) is 12.0 Å². The van der Waals surface area contributed by atoms with Crippen LogP contribution in [0.2, 0.25) is 0 Å². The number of nitrogens with zero attached hydrogens (tertiary/aromatic N) is 4. The van der Waals surface area contributed by atoms with Gasteiger partial charge in [-0.2, -0.15) is 0 Å². The van der Waals surface area contributed by atoms with E-state index in [2.05, 4.69) is 27.4 Å². The normalized spacial score (nSPS) is 13.8. The van der Waals surface area contributed by atoms with E-state index >= 15 is 0 Å². The number of carbonyl (C=O) groups excluding carboxylic acids is 2. The number of rotatable bonds is 7. The number of amides is 2. The summed E-state index contributed by atoms with van der Waals surface area (Å²) in [7, 11) is 0. The average molecular weight is 397 g/mol. The number of anilines is 1. The first-order valence-electron chi connectivity index (χ1n) is 9.98. The number of aryl methyl sites for hydroxylation is 1. The van der Waals surface area contributed by atoms with Gasteiger partial charge in [-0.3, -0.25) is 4.79 Å². The minimum Gasteiger partial charge on any atom is -0.450 e. The van der Waals surface area contributed by atoms with E-state index in [1.807, 2.05) is 18.2 Å². The maximum absolute atomic E-state index is 12.7. The van der Waals surface area contributed by atoms with Gasteiger partial charge in [0, 0.05) is 38.8 Å². The number of hydrogen-bond acceptors (Lipinski definition) is 6. The fourth-order valence-electron chi connectivity index (χ4n) is 3.19. The van der Waals surface area contributed by atoms with Crippen LogP contribution in [-0.4, -0.2) is 71.1 Å². The van der Waals surface area contributed by atoms with Crippen LogP contribution in [0.5, 0.6) is 0 Å². The molecule has 8 nitrogen and oxygen atoms in total. The summed E-state index contributed by atoms with van der Waals surface area (Å²) < 4.78 is 5.01. The van der Waals surface area contributed by atoms with E-state index in [9.17, 15) is 9.59 Å². The van der Waals surface area contributed by atoms with Crippen LogP contribution in [0.25, 0.3) is 0 Å². The van der Waals surface area contributed by atoms with E-state index in [0.29, 0.717) is 44.3 Å². The smallest absolute Gasteiger partial charge is 0.409 e. The molecule has 0 atom stereocenters. The van der Waals surface area contributed by atoms with Gasteiger partial charge in [-0.1, -0.05) is 30.3 Å². The number of nitrogens with one attached hydrogen (secondary N) is 1. The van der Waals surface area contributed by atoms with Gasteiger partial charge in [0.25, 0.3) is 5.91 Å². The second-order valence-electron chi connectivity index (χ2n) is 6.78. The Balaban J connectivity index is 1.47. The molecule has 1 aromatic carbocycles. The Bertz CT molecular complexity index is 807. The molecule has 3 rings (SSSR count). The number of piperazine rings is 1. The highest BCUT2D eigenvalue weighted by molar-refractivity contribution is 5.93. The van der Waals surface area contributed by atoms with Crippen LogP contribution in [0.1, 0.15) is 29.4 Å². The van der Waals surface area contributed by atoms with Crippen LogP contribution in [0.3, 0.4) is 0 Å². The van der Waals surface area contributed by atoms with Crippen molar-refractivity contribution >= 4 is 17.8 Å². The standard InChI is InChI=1S/C21H27N5O3/c1-2-29-21(28)26-13-11-25(12-14-26)20(27)18-15-19(24-16-23-18)22-10-6-9-17-7-4-3-5-8-17/h3-5,7-8,15-16H,2,6,9-14H2,1H3,(H,22,23,24). The lowest BCUT2D eigenvalue weighted by Crippen LogP contribution is -2.50. The summed E-state index contributed by atoms with van der Waals surface area (Å²) in [5.41, 5.74) is 1.66. The van der Waals surface area contributed by atoms with Gasteiger partial charge in [-0.05, 0) is 25.3 Å². The largest absolute Gasteiger partial charge is 0.450 e. The van der Waals surface area contributed by atoms with E-state index < -0.39 is 0 Å². The maximum atomic E-state index is 12.7. The molecule has 0 spiro atoms. The minimum absolute atomic E-state index is 0.150. The van der Waals surface area contributed by atoms with Crippen LogP contribution in [-0.2, 0) is 11.2 Å². The van der Waals surface area contributed by atoms with Gasteiger partial charge in [0.2, 0.25) is 0 Å². The average Bonchev–Trinajstić information content (AvgIpc) is 2.77. The third-order valence-electron chi connectivity index (χ3n) is 4.77. The Hall–Kier alpha value is -3.16. The Morgan fingerprint density at radius 3 is 2.52 bits per heavy atom. The highest BCUT2D eigenvalue weighted by Gasteiger charge is 2.26. The van der Waals surface area contributed by atoms with Crippen molar-refractivity contribution in [3.8, 4) is 0 Å². The summed E-state index contributed by atoms with van der Waals surface area (Å²) in [5, 5.41) is 3.26. The molecule has 0 aliphatic carbocycles. The molecule has 2 amide bonds. The highest BCUT2D eigenvalue weighted by atomic mass is 16.6. The van der Waals surface area contributed by atoms with Crippen molar-refractivity contribution in [3.05, 3.63) is 54.0 Å². The highest BCUT2D eigenvalue weighted by Crippen LogP contribution is 2.11. The molecule has 1 saturated heterocycles. The van der Waals surface area contributed by atoms with Crippen LogP contribution < -0.4 is 5.32 Å². The minimum atomic E-state index is -0.330. The lowest BCUT2D eigenvalue weighted by molar-refractivity contribution is 0.0566. The molecular formula is C21H27N5O3. The Morgan fingerprint density at radius 1 is 1.07 bits per heavy atom. The third-order valence-corrected chi connectivity index (χ3v) is 4.77. The molecule has 154 valence electrons. The first-order chi connectivity index (χ1) is 14.2. The molecule has 1 aliphatic heterocycles. The van der Waals surface area contributed by atoms with Gasteiger partial charge in [0.1, 0.15) is 17.8 Å². The lowest BCUT2D eigenvalue weighted by Gasteiger charge is -2.33. The molecule has 2 heterocycles. The second-order valence-corrected chi connectivity index (χ2v) is 6.78. The Kier molecular flexibility index (Phi) is 7.38. The first-order valence-corrected chi connectivity index (χ1v) is 9.98. The van der Waals surface area contributed by atoms with Crippen molar-refractivity contribution in [1.29, 1.82) is 0 Å². The zero-order valence-electron chi connectivity index (χ0n) is 16.7. The van der Waals surface area contributed by atoms with E-state index in [4.69, 9.17) is 4.74 Å². The molecule has 29 heavy (non-hydrogen) atoms. The summed E-state index contributed by atoms with van der Waals surface area (Å²) in [5.74, 6) is 0.491. The van der Waals surface area contributed by atoms with E-state index in [0.717, 1.165) is 19.4 Å². The summed E-state index contributed by atoms with van der Waals surface area (Å²) in [4.78, 5) is 36.2. The molecular weight excluding hydrogens is 370 g/mol. The van der Waals surface area contributed by atoms with Crippen molar-refractivity contribution in [2.24, 2.45) is 0 Å². The second kappa shape index (κ2) is 10.4. The number of ether oxygens (including phenoxy) is 1. The third kappa shape index (κ3) is 5.91. The monoisotopic (exact) mass is 397 g/mol. The van der Waals surface area contributed by atoms with Crippen LogP contribution in [0.4, 0.5) is 10.6 Å². The van der Waals surface area contributed by atoms with Crippen molar-refractivity contribution in [3.63, 3.8) is 0 Å². The summed E-state index contributed by atoms with van der Waals surface area (Å²) in [6, 6.07) is 12.0. The van der Waals surface area contributed by atoms with Crippen molar-refractivity contribution in [1.82, 2.24) is 19.8 Å². The molecule has 0 radical (unpaired) electrons. The summed E-state index contributed by atoms with van der Waals surface area (Å²) in [6.07, 6.45) is 3.02. The zero-order valence-corrected chi connectivity index (χ0v) is 16.7. The molecule has 0 saturated carbocycles. The predicted molar refractivity (Wildman–Crippen MR) is 110 cm³/mol. The van der Waals surface area contributed by atoms with Gasteiger partial charge in [0.05, 0.1) is 6.61 Å². The Morgan fingerprint density at radius 2 is 1.79 bits per heavy atom. The van der Waals surface area contributed by atoms with Crippen molar-refractivity contribution < 1.29 is 14.3 Å². The molecule has 8 heteroatoms. The quantitative estimate of drug-likeness (QED) is 0.722. The zero-order chi connectivity index (χ0) is 20.5. The van der Waals surface area contributed by atoms with E-state index in [1.54, 1.807) is 22.8 Å². The fourth-order valence-corrected chi connectivity index (χ4v) is 3.19. The molecule has 1 N–H and O–H groups in total. The van der Waals surface area contributed by atoms with Gasteiger partial charge < -0.3 is 19.9 Å². The van der Waals surface area contributed by atoms with Gasteiger partial charge in [-0.15, -0.1) is 0 Å². The predicted octanol–water partition coefficient (Wildman–Crippen LogP) is 2.44. The number of benzene rings is 1. The van der Waals surface area contributed by atoms with Crippen LogP contribution >= 0.6 is 0 Å². The fraction of sp³-hybridized carbons (Fsp3) is 0.429. The molecule has 1 fully saturated rings. The Labute approximate surface area is 170 Å². The SMILES string of the molecule is CCOC(=O)N1CCN(C(=O)c2cc(NCCCc3ccccc3)ncn2)CC1. The van der Waals surface area contributed by atoms with Crippen molar-refractivity contribution in [2.75, 3.05) is 44.6 Å². The molecule has 1 aliphatic rings. The lowest BCUT2D eigenvalue weighted by atomic mass is 10.1. The van der Waals surface area contributed by atoms with Gasteiger partial charge in [0.15, 0.2) is 0 Å². The van der Waals surface area contributed by atoms with Crippen LogP contribution in [0.15, 0.2) is 42.7 Å². The summed E-state index contributed by atoms with van der Waals surface area (Å²) in [6.45, 7) is 4.72. The molecule has 0 unspecified atom stereocenters. The topological polar surface area (TPSA) is 87.7 Å². The molecule has 1 aromatic heterocycles. The number of hydrogen-bond donors (Lipinski definition) is 1. The number of carbonyl (C=O) groups is 2. The van der Waals surface area contributed by atoms with E-state index in [1.165, 1.54) is 11.9 Å². The van der Waals surface area contributed by atoms with Crippen molar-refractivity contribution in [2.45, 2.75) is 19.8 Å². The first kappa shape index (κ1) is 20.6.